The Labute approximate surface area is 145 Å². The third-order valence-electron chi connectivity index (χ3n) is 3.17. The van der Waals surface area contributed by atoms with Gasteiger partial charge in [-0.1, -0.05) is 35.3 Å². The van der Waals surface area contributed by atoms with Crippen LogP contribution in [0.4, 0.5) is 10.5 Å². The highest BCUT2D eigenvalue weighted by Crippen LogP contribution is 2.25. The Balaban J connectivity index is 1.79. The summed E-state index contributed by atoms with van der Waals surface area (Å²) >= 11 is 11.9. The quantitative estimate of drug-likeness (QED) is 0.758. The maximum Gasteiger partial charge on any atom is 0.319 e. The van der Waals surface area contributed by atoms with Gasteiger partial charge in [-0.25, -0.2) is 4.79 Å². The molecule has 2 amide bonds. The lowest BCUT2D eigenvalue weighted by Gasteiger charge is -2.12. The van der Waals surface area contributed by atoms with Crippen molar-refractivity contribution in [3.63, 3.8) is 0 Å². The first-order valence-electron chi connectivity index (χ1n) is 7.15. The molecule has 0 aromatic heterocycles. The number of nitrogens with one attached hydrogen (secondary N) is 2. The monoisotopic (exact) mass is 352 g/mol. The summed E-state index contributed by atoms with van der Waals surface area (Å²) in [6.07, 6.45) is 0. The lowest BCUT2D eigenvalue weighted by Crippen LogP contribution is -2.32. The average Bonchev–Trinajstić information content (AvgIpc) is 2.50. The van der Waals surface area contributed by atoms with Crippen LogP contribution in [0.15, 0.2) is 36.4 Å². The van der Waals surface area contributed by atoms with Crippen molar-refractivity contribution in [3.05, 3.63) is 57.6 Å². The van der Waals surface area contributed by atoms with Gasteiger partial charge in [0.1, 0.15) is 12.4 Å². The number of benzene rings is 2. The minimum absolute atomic E-state index is 0.362. The summed E-state index contributed by atoms with van der Waals surface area (Å²) in [6.45, 7) is 4.74. The number of halogens is 2. The van der Waals surface area contributed by atoms with Crippen LogP contribution in [-0.2, 0) is 0 Å². The van der Waals surface area contributed by atoms with Gasteiger partial charge in [-0.15, -0.1) is 0 Å². The van der Waals surface area contributed by atoms with Gasteiger partial charge >= 0.3 is 6.03 Å². The van der Waals surface area contributed by atoms with Crippen LogP contribution >= 0.6 is 23.2 Å². The maximum absolute atomic E-state index is 11.8. The number of aryl methyl sites for hydroxylation is 2. The van der Waals surface area contributed by atoms with Gasteiger partial charge < -0.3 is 15.4 Å². The third kappa shape index (κ3) is 5.34. The number of carbonyl (C=O) groups excluding carboxylic acids is 1. The van der Waals surface area contributed by atoms with E-state index in [9.17, 15) is 4.79 Å². The number of anilines is 1. The molecule has 0 heterocycles. The second-order valence-electron chi connectivity index (χ2n) is 5.12. The molecule has 0 radical (unpaired) electrons. The van der Waals surface area contributed by atoms with E-state index in [2.05, 4.69) is 10.6 Å². The molecule has 0 saturated heterocycles. The van der Waals surface area contributed by atoms with Crippen molar-refractivity contribution in [1.29, 1.82) is 0 Å². The molecular weight excluding hydrogens is 335 g/mol. The average molecular weight is 353 g/mol. The van der Waals surface area contributed by atoms with Crippen LogP contribution in [0, 0.1) is 13.8 Å². The van der Waals surface area contributed by atoms with E-state index in [0.717, 1.165) is 16.9 Å². The van der Waals surface area contributed by atoms with E-state index in [4.69, 9.17) is 27.9 Å². The molecule has 2 N–H and O–H groups in total. The smallest absolute Gasteiger partial charge is 0.319 e. The standard InChI is InChI=1S/C17H18Cl2N2O2/c1-11-3-4-12(2)16(9-11)23-8-7-20-17(22)21-15-10-13(18)5-6-14(15)19/h3-6,9-10H,7-8H2,1-2H3,(H2,20,21,22). The van der Waals surface area contributed by atoms with E-state index in [1.165, 1.54) is 0 Å². The molecule has 0 bridgehead atoms. The maximum atomic E-state index is 11.8. The Hall–Kier alpha value is -1.91. The second-order valence-corrected chi connectivity index (χ2v) is 5.97. The Morgan fingerprint density at radius 2 is 1.91 bits per heavy atom. The number of urea groups is 1. The van der Waals surface area contributed by atoms with Crippen molar-refractivity contribution in [2.24, 2.45) is 0 Å². The Bertz CT molecular complexity index is 705. The zero-order chi connectivity index (χ0) is 16.8. The Morgan fingerprint density at radius 3 is 2.70 bits per heavy atom. The molecule has 0 aliphatic heterocycles. The van der Waals surface area contributed by atoms with Crippen LogP contribution in [0.1, 0.15) is 11.1 Å². The van der Waals surface area contributed by atoms with Crippen LogP contribution in [0.5, 0.6) is 5.75 Å². The molecule has 0 saturated carbocycles. The predicted molar refractivity (Wildman–Crippen MR) is 94.9 cm³/mol. The van der Waals surface area contributed by atoms with Gasteiger partial charge in [0.25, 0.3) is 0 Å². The van der Waals surface area contributed by atoms with Crippen molar-refractivity contribution >= 4 is 34.9 Å². The third-order valence-corrected chi connectivity index (χ3v) is 3.73. The molecule has 0 aliphatic rings. The molecule has 0 unspecified atom stereocenters. The highest BCUT2D eigenvalue weighted by atomic mass is 35.5. The molecule has 0 fully saturated rings. The summed E-state index contributed by atoms with van der Waals surface area (Å²) in [4.78, 5) is 11.8. The topological polar surface area (TPSA) is 50.4 Å². The van der Waals surface area contributed by atoms with E-state index in [0.29, 0.717) is 28.9 Å². The highest BCUT2D eigenvalue weighted by molar-refractivity contribution is 6.35. The SMILES string of the molecule is Cc1ccc(C)c(OCCNC(=O)Nc2cc(Cl)ccc2Cl)c1. The Morgan fingerprint density at radius 1 is 1.13 bits per heavy atom. The van der Waals surface area contributed by atoms with Crippen LogP contribution in [-0.4, -0.2) is 19.2 Å². The van der Waals surface area contributed by atoms with E-state index < -0.39 is 0 Å². The molecule has 0 spiro atoms. The molecule has 2 rings (SSSR count). The van der Waals surface area contributed by atoms with E-state index in [1.807, 2.05) is 32.0 Å². The van der Waals surface area contributed by atoms with Gasteiger partial charge in [0, 0.05) is 5.02 Å². The number of rotatable bonds is 5. The minimum Gasteiger partial charge on any atom is -0.491 e. The number of amides is 2. The molecule has 122 valence electrons. The highest BCUT2D eigenvalue weighted by Gasteiger charge is 2.06. The van der Waals surface area contributed by atoms with Crippen LogP contribution < -0.4 is 15.4 Å². The minimum atomic E-state index is -0.362. The van der Waals surface area contributed by atoms with Crippen molar-refractivity contribution in [2.75, 3.05) is 18.5 Å². The van der Waals surface area contributed by atoms with Gasteiger partial charge in [-0.05, 0) is 49.2 Å². The molecule has 4 nitrogen and oxygen atoms in total. The van der Waals surface area contributed by atoms with Gasteiger partial charge in [-0.3, -0.25) is 0 Å². The fourth-order valence-electron chi connectivity index (χ4n) is 1.95. The normalized spacial score (nSPS) is 10.3. The van der Waals surface area contributed by atoms with Gasteiger partial charge in [0.05, 0.1) is 17.3 Å². The number of carbonyl (C=O) groups is 1. The number of ether oxygens (including phenoxy) is 1. The molecule has 0 atom stereocenters. The van der Waals surface area contributed by atoms with Crippen LogP contribution in [0.2, 0.25) is 10.0 Å². The van der Waals surface area contributed by atoms with E-state index >= 15 is 0 Å². The van der Waals surface area contributed by atoms with Crippen LogP contribution in [0.3, 0.4) is 0 Å². The van der Waals surface area contributed by atoms with Crippen molar-refractivity contribution in [1.82, 2.24) is 5.32 Å². The van der Waals surface area contributed by atoms with E-state index in [1.54, 1.807) is 18.2 Å². The molecule has 0 aliphatic carbocycles. The van der Waals surface area contributed by atoms with Crippen molar-refractivity contribution in [3.8, 4) is 5.75 Å². The fourth-order valence-corrected chi connectivity index (χ4v) is 2.29. The predicted octanol–water partition coefficient (Wildman–Crippen LogP) is 4.81. The number of hydrogen-bond acceptors (Lipinski definition) is 2. The molecule has 2 aromatic carbocycles. The summed E-state index contributed by atoms with van der Waals surface area (Å²) in [6, 6.07) is 10.5. The summed E-state index contributed by atoms with van der Waals surface area (Å²) in [5.41, 5.74) is 2.66. The zero-order valence-electron chi connectivity index (χ0n) is 13.0. The zero-order valence-corrected chi connectivity index (χ0v) is 14.5. The van der Waals surface area contributed by atoms with Crippen molar-refractivity contribution in [2.45, 2.75) is 13.8 Å². The second kappa shape index (κ2) is 8.09. The first-order chi connectivity index (χ1) is 11.0. The van der Waals surface area contributed by atoms with Crippen molar-refractivity contribution < 1.29 is 9.53 Å². The summed E-state index contributed by atoms with van der Waals surface area (Å²) in [5.74, 6) is 0.824. The largest absolute Gasteiger partial charge is 0.491 e. The lowest BCUT2D eigenvalue weighted by molar-refractivity contribution is 0.247. The first kappa shape index (κ1) is 17.4. The van der Waals surface area contributed by atoms with Gasteiger partial charge in [0.2, 0.25) is 0 Å². The fraction of sp³-hybridized carbons (Fsp3) is 0.235. The molecule has 23 heavy (non-hydrogen) atoms. The van der Waals surface area contributed by atoms with E-state index in [-0.39, 0.29) is 6.03 Å². The molecular formula is C17H18Cl2N2O2. The summed E-state index contributed by atoms with van der Waals surface area (Å²) in [7, 11) is 0. The van der Waals surface area contributed by atoms with Crippen LogP contribution in [0.25, 0.3) is 0 Å². The summed E-state index contributed by atoms with van der Waals surface area (Å²) < 4.78 is 5.67. The first-order valence-corrected chi connectivity index (χ1v) is 7.91. The lowest BCUT2D eigenvalue weighted by atomic mass is 10.1. The summed E-state index contributed by atoms with van der Waals surface area (Å²) in [5, 5.41) is 6.28. The number of hydrogen-bond donors (Lipinski definition) is 2. The van der Waals surface area contributed by atoms with Gasteiger partial charge in [0.15, 0.2) is 0 Å². The molecule has 2 aromatic rings. The Kier molecular flexibility index (Phi) is 6.13. The van der Waals surface area contributed by atoms with Gasteiger partial charge in [-0.2, -0.15) is 0 Å². The molecule has 6 heteroatoms.